The second-order valence-electron chi connectivity index (χ2n) is 13.7. The van der Waals surface area contributed by atoms with Gasteiger partial charge < -0.3 is 0 Å². The van der Waals surface area contributed by atoms with Crippen LogP contribution in [0, 0.1) is 0 Å². The van der Waals surface area contributed by atoms with Crippen LogP contribution in [0.5, 0.6) is 0 Å². The summed E-state index contributed by atoms with van der Waals surface area (Å²) in [5.74, 6) is 0. The van der Waals surface area contributed by atoms with E-state index in [9.17, 15) is 0 Å². The number of nitrogens with zero attached hydrogens (tertiary/aromatic N) is 2. The summed E-state index contributed by atoms with van der Waals surface area (Å²) in [6.07, 6.45) is 0. The van der Waals surface area contributed by atoms with E-state index >= 15 is 0 Å². The Hall–Kier alpha value is -5.34. The zero-order valence-electron chi connectivity index (χ0n) is 26.7. The molecule has 10 aromatic rings. The maximum absolute atomic E-state index is 2.49. The van der Waals surface area contributed by atoms with Crippen LogP contribution in [0.4, 0.5) is 0 Å². The molecule has 48 heavy (non-hydrogen) atoms. The monoisotopic (exact) mass is 678 g/mol. The van der Waals surface area contributed by atoms with Gasteiger partial charge in [-0.05, 0) is 16.7 Å². The number of aromatic nitrogens is 2. The molecule has 0 saturated heterocycles. The van der Waals surface area contributed by atoms with Crippen LogP contribution in [-0.4, -0.2) is 23.6 Å². The third-order valence-corrected chi connectivity index (χ3v) is 13.3. The van der Waals surface area contributed by atoms with E-state index in [0.717, 1.165) is 0 Å². The van der Waals surface area contributed by atoms with Crippen molar-refractivity contribution in [3.63, 3.8) is 0 Å². The minimum atomic E-state index is -0.0557. The Kier molecular flexibility index (Phi) is 5.22. The third-order valence-electron chi connectivity index (χ3n) is 10.9. The molecule has 2 nitrogen and oxygen atoms in total. The molecule has 0 spiro atoms. The fourth-order valence-electron chi connectivity index (χ4n) is 8.76. The van der Waals surface area contributed by atoms with E-state index in [1.54, 1.807) is 0 Å². The summed E-state index contributed by atoms with van der Waals surface area (Å²) >= 11 is 0.313. The molecule has 0 unspecified atom stereocenters. The van der Waals surface area contributed by atoms with Crippen molar-refractivity contribution in [2.24, 2.45) is 0 Å². The molecule has 7 aromatic carbocycles. The second-order valence-corrected chi connectivity index (χ2v) is 16.0. The van der Waals surface area contributed by atoms with Gasteiger partial charge in [0.15, 0.2) is 0 Å². The molecule has 0 radical (unpaired) electrons. The van der Waals surface area contributed by atoms with Gasteiger partial charge in [-0.3, -0.25) is 0 Å². The molecule has 0 fully saturated rings. The Morgan fingerprint density at radius 3 is 1.69 bits per heavy atom. The van der Waals surface area contributed by atoms with Crippen LogP contribution in [0.25, 0.3) is 85.4 Å². The average Bonchev–Trinajstić information content (AvgIpc) is 3.83. The van der Waals surface area contributed by atoms with E-state index in [4.69, 9.17) is 0 Å². The normalized spacial score (nSPS) is 13.8. The SMILES string of the molecule is CC1(C)c2ccccc2-c2ccc(-n3c4ccccc4c4c5c6ccccc6n(-c6ccc7c(c6)[se]c6ccccc67)c5ccc43)cc21. The number of benzene rings is 7. The molecule has 11 rings (SSSR count). The van der Waals surface area contributed by atoms with Crippen LogP contribution in [0.1, 0.15) is 25.0 Å². The van der Waals surface area contributed by atoms with E-state index in [1.165, 1.54) is 96.5 Å². The molecular formula is C45H30N2Se. The van der Waals surface area contributed by atoms with E-state index in [-0.39, 0.29) is 5.41 Å². The Bertz CT molecular complexity index is 2980. The quantitative estimate of drug-likeness (QED) is 0.161. The Morgan fingerprint density at radius 1 is 0.417 bits per heavy atom. The van der Waals surface area contributed by atoms with Crippen molar-refractivity contribution < 1.29 is 0 Å². The van der Waals surface area contributed by atoms with E-state index < -0.39 is 0 Å². The maximum atomic E-state index is 2.49. The summed E-state index contributed by atoms with van der Waals surface area (Å²) in [5.41, 5.74) is 12.9. The van der Waals surface area contributed by atoms with Crippen LogP contribution < -0.4 is 0 Å². The number of hydrogen-bond acceptors (Lipinski definition) is 0. The van der Waals surface area contributed by atoms with Gasteiger partial charge in [0.25, 0.3) is 0 Å². The zero-order chi connectivity index (χ0) is 31.7. The molecule has 0 N–H and O–H groups in total. The third kappa shape index (κ3) is 3.37. The van der Waals surface area contributed by atoms with Gasteiger partial charge in [0, 0.05) is 5.41 Å². The molecule has 0 bridgehead atoms. The van der Waals surface area contributed by atoms with Gasteiger partial charge in [-0.25, -0.2) is 0 Å². The van der Waals surface area contributed by atoms with E-state index in [2.05, 4.69) is 169 Å². The second kappa shape index (κ2) is 9.39. The molecule has 1 aliphatic rings. The van der Waals surface area contributed by atoms with E-state index in [0.29, 0.717) is 14.5 Å². The molecule has 0 aliphatic heterocycles. The minimum absolute atomic E-state index is 0.0557. The van der Waals surface area contributed by atoms with Crippen LogP contribution in [-0.2, 0) is 5.41 Å². The summed E-state index contributed by atoms with van der Waals surface area (Å²) in [7, 11) is 0. The number of hydrogen-bond donors (Lipinski definition) is 0. The first kappa shape index (κ1) is 26.7. The molecule has 3 heterocycles. The predicted octanol–water partition coefficient (Wildman–Crippen LogP) is 11.6. The molecule has 1 aliphatic carbocycles. The van der Waals surface area contributed by atoms with Gasteiger partial charge in [-0.2, -0.15) is 0 Å². The van der Waals surface area contributed by atoms with Crippen molar-refractivity contribution in [2.45, 2.75) is 19.3 Å². The van der Waals surface area contributed by atoms with Crippen LogP contribution >= 0.6 is 0 Å². The summed E-state index contributed by atoms with van der Waals surface area (Å²) in [6, 6.07) is 54.6. The summed E-state index contributed by atoms with van der Waals surface area (Å²) in [6.45, 7) is 4.73. The first-order chi connectivity index (χ1) is 23.6. The molecule has 3 aromatic heterocycles. The Labute approximate surface area is 283 Å². The number of fused-ring (bicyclic) bond motifs is 13. The summed E-state index contributed by atoms with van der Waals surface area (Å²) in [4.78, 5) is 0. The van der Waals surface area contributed by atoms with Crippen molar-refractivity contribution >= 4 is 77.4 Å². The first-order valence-electron chi connectivity index (χ1n) is 16.7. The average molecular weight is 678 g/mol. The van der Waals surface area contributed by atoms with Crippen molar-refractivity contribution in [3.8, 4) is 22.5 Å². The topological polar surface area (TPSA) is 9.86 Å². The van der Waals surface area contributed by atoms with Crippen molar-refractivity contribution in [2.75, 3.05) is 0 Å². The van der Waals surface area contributed by atoms with Crippen molar-refractivity contribution in [1.29, 1.82) is 0 Å². The fraction of sp³-hybridized carbons (Fsp3) is 0.0667. The Balaban J connectivity index is 1.21. The van der Waals surface area contributed by atoms with E-state index in [1.807, 2.05) is 0 Å². The van der Waals surface area contributed by atoms with Gasteiger partial charge in [-0.1, -0.05) is 38.1 Å². The van der Waals surface area contributed by atoms with Crippen LogP contribution in [0.3, 0.4) is 0 Å². The Morgan fingerprint density at radius 2 is 0.958 bits per heavy atom. The molecular weight excluding hydrogens is 647 g/mol. The summed E-state index contributed by atoms with van der Waals surface area (Å²) < 4.78 is 7.93. The number of para-hydroxylation sites is 2. The van der Waals surface area contributed by atoms with Gasteiger partial charge >= 0.3 is 225 Å². The molecule has 0 saturated carbocycles. The van der Waals surface area contributed by atoms with Gasteiger partial charge in [0.1, 0.15) is 0 Å². The molecule has 0 atom stereocenters. The molecule has 0 amide bonds. The molecule has 226 valence electrons. The first-order valence-corrected chi connectivity index (χ1v) is 18.4. The van der Waals surface area contributed by atoms with Crippen LogP contribution in [0.2, 0.25) is 0 Å². The number of rotatable bonds is 2. The van der Waals surface area contributed by atoms with Crippen molar-refractivity contribution in [3.05, 3.63) is 157 Å². The standard InChI is InChI=1S/C45H30N2Se/c1-45(2)35-15-7-3-11-29(35)30-21-19-27(25-36(30)45)46-37-16-8-4-13-33(37)43-39(46)23-24-40-44(43)34-14-5-9-17-38(34)47(40)28-20-22-32-31-12-6-10-18-41(31)48-42(32)26-28/h3-26H,1-2H3. The predicted molar refractivity (Wildman–Crippen MR) is 205 cm³/mol. The van der Waals surface area contributed by atoms with Crippen LogP contribution in [0.15, 0.2) is 146 Å². The van der Waals surface area contributed by atoms with Gasteiger partial charge in [0.05, 0.1) is 0 Å². The van der Waals surface area contributed by atoms with Gasteiger partial charge in [0.2, 0.25) is 0 Å². The molecule has 3 heteroatoms. The van der Waals surface area contributed by atoms with Crippen molar-refractivity contribution in [1.82, 2.24) is 9.13 Å². The zero-order valence-corrected chi connectivity index (χ0v) is 28.4. The fourth-order valence-corrected chi connectivity index (χ4v) is 11.1. The van der Waals surface area contributed by atoms with Gasteiger partial charge in [-0.15, -0.1) is 0 Å². The summed E-state index contributed by atoms with van der Waals surface area (Å²) in [5, 5.41) is 8.01.